The van der Waals surface area contributed by atoms with Crippen LogP contribution in [0.15, 0.2) is 29.8 Å². The zero-order valence-corrected chi connectivity index (χ0v) is 8.24. The molecule has 0 saturated carbocycles. The lowest BCUT2D eigenvalue weighted by atomic mass is 10.1. The van der Waals surface area contributed by atoms with Crippen molar-refractivity contribution in [3.05, 3.63) is 41.0 Å². The number of Topliss-reactive ketones (excluding diaryl/α,β-unsaturated/α-hetero) is 1. The molecule has 0 saturated heterocycles. The molecule has 0 N–H and O–H groups in total. The number of hydrogen-bond donors (Lipinski definition) is 0. The Bertz CT molecular complexity index is 407. The summed E-state index contributed by atoms with van der Waals surface area (Å²) in [6.07, 6.45) is 1.60. The molecule has 0 radical (unpaired) electrons. The molecule has 1 aromatic rings. The van der Waals surface area contributed by atoms with Crippen molar-refractivity contribution in [1.29, 1.82) is 5.26 Å². The number of rotatable bonds is 2. The van der Waals surface area contributed by atoms with E-state index in [4.69, 9.17) is 5.26 Å². The molecule has 0 aliphatic carbocycles. The highest BCUT2D eigenvalue weighted by Crippen LogP contribution is 2.08. The summed E-state index contributed by atoms with van der Waals surface area (Å²) in [5.74, 6) is -0.201. The number of allylic oxidation sites excluding steroid dienone is 1. The average Bonchev–Trinajstić information content (AvgIpc) is 2.16. The van der Waals surface area contributed by atoms with Gasteiger partial charge in [0.1, 0.15) is 6.07 Å². The van der Waals surface area contributed by atoms with Gasteiger partial charge in [-0.25, -0.2) is 0 Å². The van der Waals surface area contributed by atoms with Crippen LogP contribution in [0.25, 0.3) is 6.08 Å². The summed E-state index contributed by atoms with van der Waals surface area (Å²) in [6.45, 7) is 3.38. The Kier molecular flexibility index (Phi) is 3.19. The van der Waals surface area contributed by atoms with Gasteiger partial charge in [0.05, 0.1) is 5.57 Å². The van der Waals surface area contributed by atoms with E-state index in [1.807, 2.05) is 37.3 Å². The molecule has 0 bridgehead atoms. The van der Waals surface area contributed by atoms with Crippen molar-refractivity contribution >= 4 is 11.9 Å². The van der Waals surface area contributed by atoms with Crippen LogP contribution in [0.2, 0.25) is 0 Å². The van der Waals surface area contributed by atoms with Crippen LogP contribution in [-0.2, 0) is 4.79 Å². The van der Waals surface area contributed by atoms with Gasteiger partial charge in [-0.15, -0.1) is 0 Å². The van der Waals surface area contributed by atoms with Crippen LogP contribution in [0.5, 0.6) is 0 Å². The standard InChI is InChI=1S/C12H11NO/c1-9-3-5-11(6-4-9)7-12(8-13)10(2)14/h3-7H,1-2H3/b12-7+. The molecule has 0 aliphatic rings. The van der Waals surface area contributed by atoms with Crippen LogP contribution in [0, 0.1) is 18.3 Å². The Morgan fingerprint density at radius 3 is 2.36 bits per heavy atom. The zero-order chi connectivity index (χ0) is 10.6. The average molecular weight is 185 g/mol. The molecule has 0 fully saturated rings. The first-order valence-corrected chi connectivity index (χ1v) is 4.33. The van der Waals surface area contributed by atoms with Gasteiger partial charge in [-0.1, -0.05) is 29.8 Å². The maximum Gasteiger partial charge on any atom is 0.170 e. The monoisotopic (exact) mass is 185 g/mol. The van der Waals surface area contributed by atoms with Crippen molar-refractivity contribution in [3.8, 4) is 6.07 Å². The minimum atomic E-state index is -0.201. The first-order chi connectivity index (χ1) is 6.63. The predicted octanol–water partition coefficient (Wildman–Crippen LogP) is 2.49. The number of carbonyl (C=O) groups excluding carboxylic acids is 1. The summed E-state index contributed by atoms with van der Waals surface area (Å²) in [6, 6.07) is 9.54. The maximum absolute atomic E-state index is 11.0. The molecule has 0 aliphatic heterocycles. The Hall–Kier alpha value is -1.88. The normalized spacial score (nSPS) is 10.8. The molecule has 70 valence electrons. The van der Waals surface area contributed by atoms with E-state index in [0.29, 0.717) is 0 Å². The fraction of sp³-hybridized carbons (Fsp3) is 0.167. The van der Waals surface area contributed by atoms with Crippen molar-refractivity contribution in [2.45, 2.75) is 13.8 Å². The second kappa shape index (κ2) is 4.38. The molecule has 0 aromatic heterocycles. The quantitative estimate of drug-likeness (QED) is 0.524. The minimum Gasteiger partial charge on any atom is -0.294 e. The minimum absolute atomic E-state index is 0.189. The van der Waals surface area contributed by atoms with E-state index in [1.165, 1.54) is 6.92 Å². The molecule has 0 spiro atoms. The smallest absolute Gasteiger partial charge is 0.170 e. The van der Waals surface area contributed by atoms with Crippen LogP contribution in [-0.4, -0.2) is 5.78 Å². The SMILES string of the molecule is CC(=O)/C(C#N)=C/c1ccc(C)cc1. The van der Waals surface area contributed by atoms with E-state index in [2.05, 4.69) is 0 Å². The van der Waals surface area contributed by atoms with Gasteiger partial charge >= 0.3 is 0 Å². The molecule has 0 heterocycles. The molecular weight excluding hydrogens is 174 g/mol. The second-order valence-corrected chi connectivity index (χ2v) is 3.14. The largest absolute Gasteiger partial charge is 0.294 e. The summed E-state index contributed by atoms with van der Waals surface area (Å²) in [5, 5.41) is 8.67. The lowest BCUT2D eigenvalue weighted by molar-refractivity contribution is -0.113. The summed E-state index contributed by atoms with van der Waals surface area (Å²) in [4.78, 5) is 11.0. The van der Waals surface area contributed by atoms with E-state index in [-0.39, 0.29) is 11.4 Å². The molecule has 2 nitrogen and oxygen atoms in total. The number of nitrogens with zero attached hydrogens (tertiary/aromatic N) is 1. The highest BCUT2D eigenvalue weighted by Gasteiger charge is 2.01. The number of hydrogen-bond acceptors (Lipinski definition) is 2. The van der Waals surface area contributed by atoms with E-state index < -0.39 is 0 Å². The predicted molar refractivity (Wildman–Crippen MR) is 55.5 cm³/mol. The third kappa shape index (κ3) is 2.56. The second-order valence-electron chi connectivity index (χ2n) is 3.14. The van der Waals surface area contributed by atoms with Crippen molar-refractivity contribution in [1.82, 2.24) is 0 Å². The Balaban J connectivity index is 3.03. The molecule has 0 unspecified atom stereocenters. The van der Waals surface area contributed by atoms with Gasteiger partial charge in [0, 0.05) is 0 Å². The van der Waals surface area contributed by atoms with E-state index >= 15 is 0 Å². The Labute approximate surface area is 83.5 Å². The fourth-order valence-electron chi connectivity index (χ4n) is 1.04. The first-order valence-electron chi connectivity index (χ1n) is 4.33. The van der Waals surface area contributed by atoms with Crippen LogP contribution < -0.4 is 0 Å². The van der Waals surface area contributed by atoms with Crippen molar-refractivity contribution < 1.29 is 4.79 Å². The molecular formula is C12H11NO. The fourth-order valence-corrected chi connectivity index (χ4v) is 1.04. The van der Waals surface area contributed by atoms with Gasteiger partial charge in [-0.05, 0) is 25.5 Å². The zero-order valence-electron chi connectivity index (χ0n) is 8.24. The van der Waals surface area contributed by atoms with Gasteiger partial charge in [0.2, 0.25) is 0 Å². The molecule has 0 amide bonds. The number of ketones is 1. The number of aryl methyl sites for hydroxylation is 1. The van der Waals surface area contributed by atoms with Crippen LogP contribution in [0.3, 0.4) is 0 Å². The Morgan fingerprint density at radius 1 is 1.36 bits per heavy atom. The van der Waals surface area contributed by atoms with Crippen molar-refractivity contribution in [3.63, 3.8) is 0 Å². The lowest BCUT2D eigenvalue weighted by Gasteiger charge is -1.95. The topological polar surface area (TPSA) is 40.9 Å². The third-order valence-electron chi connectivity index (χ3n) is 1.89. The van der Waals surface area contributed by atoms with Crippen LogP contribution >= 0.6 is 0 Å². The number of carbonyl (C=O) groups is 1. The molecule has 0 atom stereocenters. The number of benzene rings is 1. The molecule has 2 heteroatoms. The van der Waals surface area contributed by atoms with Crippen molar-refractivity contribution in [2.24, 2.45) is 0 Å². The first kappa shape index (κ1) is 10.2. The summed E-state index contributed by atoms with van der Waals surface area (Å²) in [7, 11) is 0. The highest BCUT2D eigenvalue weighted by molar-refractivity contribution is 6.01. The van der Waals surface area contributed by atoms with Crippen LogP contribution in [0.4, 0.5) is 0 Å². The molecule has 1 rings (SSSR count). The maximum atomic E-state index is 11.0. The highest BCUT2D eigenvalue weighted by atomic mass is 16.1. The van der Waals surface area contributed by atoms with Crippen molar-refractivity contribution in [2.75, 3.05) is 0 Å². The number of nitriles is 1. The molecule has 14 heavy (non-hydrogen) atoms. The van der Waals surface area contributed by atoms with Gasteiger partial charge in [0.25, 0.3) is 0 Å². The van der Waals surface area contributed by atoms with Gasteiger partial charge < -0.3 is 0 Å². The summed E-state index contributed by atoms with van der Waals surface area (Å²) in [5.41, 5.74) is 2.22. The van der Waals surface area contributed by atoms with Gasteiger partial charge in [-0.2, -0.15) is 5.26 Å². The lowest BCUT2D eigenvalue weighted by Crippen LogP contribution is -1.92. The summed E-state index contributed by atoms with van der Waals surface area (Å²) < 4.78 is 0. The van der Waals surface area contributed by atoms with E-state index in [9.17, 15) is 4.79 Å². The van der Waals surface area contributed by atoms with Crippen LogP contribution in [0.1, 0.15) is 18.1 Å². The van der Waals surface area contributed by atoms with E-state index in [0.717, 1.165) is 11.1 Å². The molecule has 1 aromatic carbocycles. The van der Waals surface area contributed by atoms with Gasteiger partial charge in [-0.3, -0.25) is 4.79 Å². The van der Waals surface area contributed by atoms with Gasteiger partial charge in [0.15, 0.2) is 5.78 Å². The van der Waals surface area contributed by atoms with E-state index in [1.54, 1.807) is 6.08 Å². The summed E-state index contributed by atoms with van der Waals surface area (Å²) >= 11 is 0. The Morgan fingerprint density at radius 2 is 1.93 bits per heavy atom. The third-order valence-corrected chi connectivity index (χ3v) is 1.89.